The van der Waals surface area contributed by atoms with E-state index in [1.807, 2.05) is 0 Å². The molecule has 1 heteroatoms. The second-order valence-corrected chi connectivity index (χ2v) is 6.27. The summed E-state index contributed by atoms with van der Waals surface area (Å²) in [5.74, 6) is 0. The third-order valence-corrected chi connectivity index (χ3v) is 4.67. The Hall–Kier alpha value is -2.12. The summed E-state index contributed by atoms with van der Waals surface area (Å²) >= 11 is 0. The normalized spacial score (nSPS) is 22.8. The number of benzene rings is 2. The molecule has 0 aromatic heterocycles. The summed E-state index contributed by atoms with van der Waals surface area (Å²) in [4.78, 5) is 2.50. The number of rotatable bonds is 4. The Bertz CT molecular complexity index is 585. The van der Waals surface area contributed by atoms with Crippen molar-refractivity contribution < 1.29 is 0 Å². The van der Waals surface area contributed by atoms with E-state index in [4.69, 9.17) is 0 Å². The Kier molecular flexibility index (Phi) is 5.44. The van der Waals surface area contributed by atoms with Gasteiger partial charge in [-0.05, 0) is 37.4 Å². The highest BCUT2D eigenvalue weighted by Crippen LogP contribution is 2.24. The Morgan fingerprint density at radius 1 is 0.739 bits per heavy atom. The number of hydrogen-bond acceptors (Lipinski definition) is 1. The van der Waals surface area contributed by atoms with Gasteiger partial charge in [0.25, 0.3) is 0 Å². The number of piperidine rings is 1. The van der Waals surface area contributed by atoms with Crippen LogP contribution in [0.4, 0.5) is 0 Å². The average molecular weight is 303 g/mol. The Balaban J connectivity index is 1.65. The molecule has 0 N–H and O–H groups in total. The first kappa shape index (κ1) is 15.8. The molecule has 1 aliphatic rings. The molecule has 1 aliphatic heterocycles. The van der Waals surface area contributed by atoms with E-state index in [9.17, 15) is 0 Å². The Morgan fingerprint density at radius 3 is 1.61 bits per heavy atom. The van der Waals surface area contributed by atoms with Gasteiger partial charge in [0, 0.05) is 12.1 Å². The molecule has 1 nitrogen and oxygen atoms in total. The largest absolute Gasteiger partial charge is 0.294 e. The molecule has 0 amide bonds. The standard InChI is InChI=1S/C22H25N/c1-23-21(17-15-19-9-4-2-5-10-19)13-8-14-22(23)18-16-20-11-6-3-7-12-20/h2-7,9-12,15-18,21-22H,8,13-14H2,1H3/t21-,22-/m1/s1. The van der Waals surface area contributed by atoms with Crippen LogP contribution in [0.25, 0.3) is 12.2 Å². The maximum absolute atomic E-state index is 2.50. The molecule has 0 saturated carbocycles. The Labute approximate surface area is 140 Å². The van der Waals surface area contributed by atoms with Gasteiger partial charge in [0.2, 0.25) is 0 Å². The van der Waals surface area contributed by atoms with Crippen molar-refractivity contribution >= 4 is 12.2 Å². The van der Waals surface area contributed by atoms with Crippen LogP contribution in [-0.2, 0) is 0 Å². The van der Waals surface area contributed by atoms with E-state index >= 15 is 0 Å². The van der Waals surface area contributed by atoms with Crippen LogP contribution in [0.15, 0.2) is 72.8 Å². The summed E-state index contributed by atoms with van der Waals surface area (Å²) in [6, 6.07) is 22.2. The molecule has 23 heavy (non-hydrogen) atoms. The van der Waals surface area contributed by atoms with E-state index in [1.54, 1.807) is 0 Å². The fraction of sp³-hybridized carbons (Fsp3) is 0.273. The van der Waals surface area contributed by atoms with Crippen molar-refractivity contribution in [2.24, 2.45) is 0 Å². The predicted octanol–water partition coefficient (Wildman–Crippen LogP) is 5.27. The average Bonchev–Trinajstić information content (AvgIpc) is 2.61. The summed E-state index contributed by atoms with van der Waals surface area (Å²) in [6.45, 7) is 0. The van der Waals surface area contributed by atoms with Crippen molar-refractivity contribution in [1.29, 1.82) is 0 Å². The van der Waals surface area contributed by atoms with Gasteiger partial charge >= 0.3 is 0 Å². The summed E-state index contributed by atoms with van der Waals surface area (Å²) < 4.78 is 0. The molecule has 3 rings (SSSR count). The fourth-order valence-electron chi connectivity index (χ4n) is 3.23. The minimum atomic E-state index is 0.523. The highest BCUT2D eigenvalue weighted by atomic mass is 15.2. The number of likely N-dealkylation sites (N-methyl/N-ethyl adjacent to an activating group) is 1. The lowest BCUT2D eigenvalue weighted by Gasteiger charge is -2.36. The van der Waals surface area contributed by atoms with Crippen LogP contribution >= 0.6 is 0 Å². The molecule has 1 saturated heterocycles. The fourth-order valence-corrected chi connectivity index (χ4v) is 3.23. The number of hydrogen-bond donors (Lipinski definition) is 0. The van der Waals surface area contributed by atoms with Crippen LogP contribution in [0, 0.1) is 0 Å². The van der Waals surface area contributed by atoms with Crippen molar-refractivity contribution in [2.75, 3.05) is 7.05 Å². The van der Waals surface area contributed by atoms with Crippen LogP contribution in [0.2, 0.25) is 0 Å². The quantitative estimate of drug-likeness (QED) is 0.744. The lowest BCUT2D eigenvalue weighted by atomic mass is 9.95. The highest BCUT2D eigenvalue weighted by Gasteiger charge is 2.23. The first-order valence-electron chi connectivity index (χ1n) is 8.51. The summed E-state index contributed by atoms with van der Waals surface area (Å²) in [7, 11) is 2.25. The van der Waals surface area contributed by atoms with Gasteiger partial charge in [-0.3, -0.25) is 4.90 Å². The van der Waals surface area contributed by atoms with Gasteiger partial charge < -0.3 is 0 Å². The topological polar surface area (TPSA) is 3.24 Å². The minimum Gasteiger partial charge on any atom is -0.294 e. The molecule has 1 fully saturated rings. The van der Waals surface area contributed by atoms with Gasteiger partial charge in [-0.2, -0.15) is 0 Å². The summed E-state index contributed by atoms with van der Waals surface area (Å²) in [5.41, 5.74) is 2.56. The zero-order chi connectivity index (χ0) is 15.9. The number of nitrogens with zero attached hydrogens (tertiary/aromatic N) is 1. The maximum Gasteiger partial charge on any atom is 0.0284 e. The lowest BCUT2D eigenvalue weighted by molar-refractivity contribution is 0.175. The molecular formula is C22H25N. The summed E-state index contributed by atoms with van der Waals surface area (Å²) in [5, 5.41) is 0. The van der Waals surface area contributed by atoms with Crippen molar-refractivity contribution in [1.82, 2.24) is 4.90 Å². The second kappa shape index (κ2) is 7.94. The molecule has 1 heterocycles. The van der Waals surface area contributed by atoms with Crippen molar-refractivity contribution in [2.45, 2.75) is 31.3 Å². The van der Waals surface area contributed by atoms with E-state index < -0.39 is 0 Å². The molecule has 0 unspecified atom stereocenters. The van der Waals surface area contributed by atoms with Gasteiger partial charge in [0.1, 0.15) is 0 Å². The number of likely N-dealkylation sites (tertiary alicyclic amines) is 1. The molecule has 2 aromatic carbocycles. The zero-order valence-electron chi connectivity index (χ0n) is 13.8. The van der Waals surface area contributed by atoms with Crippen molar-refractivity contribution in [3.8, 4) is 0 Å². The maximum atomic E-state index is 2.50. The van der Waals surface area contributed by atoms with E-state index in [1.165, 1.54) is 30.4 Å². The van der Waals surface area contributed by atoms with Crippen molar-refractivity contribution in [3.05, 3.63) is 83.9 Å². The third-order valence-electron chi connectivity index (χ3n) is 4.67. The highest BCUT2D eigenvalue weighted by molar-refractivity contribution is 5.51. The second-order valence-electron chi connectivity index (χ2n) is 6.27. The first-order chi connectivity index (χ1) is 11.3. The van der Waals surface area contributed by atoms with Crippen LogP contribution < -0.4 is 0 Å². The van der Waals surface area contributed by atoms with Gasteiger partial charge in [-0.1, -0.05) is 85.0 Å². The van der Waals surface area contributed by atoms with Gasteiger partial charge in [0.05, 0.1) is 0 Å². The van der Waals surface area contributed by atoms with E-state index in [0.717, 1.165) is 0 Å². The van der Waals surface area contributed by atoms with Gasteiger partial charge in [-0.15, -0.1) is 0 Å². The predicted molar refractivity (Wildman–Crippen MR) is 100 cm³/mol. The van der Waals surface area contributed by atoms with E-state index in [-0.39, 0.29) is 0 Å². The molecule has 0 bridgehead atoms. The molecule has 2 aromatic rings. The summed E-state index contributed by atoms with van der Waals surface area (Å²) in [6.07, 6.45) is 13.0. The van der Waals surface area contributed by atoms with Gasteiger partial charge in [0.15, 0.2) is 0 Å². The molecule has 2 atom stereocenters. The zero-order valence-corrected chi connectivity index (χ0v) is 13.8. The molecule has 118 valence electrons. The Morgan fingerprint density at radius 2 is 1.17 bits per heavy atom. The van der Waals surface area contributed by atoms with E-state index in [0.29, 0.717) is 12.1 Å². The monoisotopic (exact) mass is 303 g/mol. The van der Waals surface area contributed by atoms with Crippen LogP contribution in [-0.4, -0.2) is 24.0 Å². The first-order valence-corrected chi connectivity index (χ1v) is 8.51. The lowest BCUT2D eigenvalue weighted by Crippen LogP contribution is -2.41. The third kappa shape index (κ3) is 4.43. The van der Waals surface area contributed by atoms with E-state index in [2.05, 4.69) is 96.9 Å². The minimum absolute atomic E-state index is 0.523. The molecule has 0 spiro atoms. The SMILES string of the molecule is CN1[C@@H](C=Cc2ccccc2)CCC[C@@H]1C=Cc1ccccc1. The smallest absolute Gasteiger partial charge is 0.0284 e. The molecule has 0 radical (unpaired) electrons. The van der Waals surface area contributed by atoms with Crippen LogP contribution in [0.3, 0.4) is 0 Å². The van der Waals surface area contributed by atoms with Gasteiger partial charge in [-0.25, -0.2) is 0 Å². The van der Waals surface area contributed by atoms with Crippen LogP contribution in [0.1, 0.15) is 30.4 Å². The molecular weight excluding hydrogens is 278 g/mol. The molecule has 0 aliphatic carbocycles. The van der Waals surface area contributed by atoms with Crippen LogP contribution in [0.5, 0.6) is 0 Å². The van der Waals surface area contributed by atoms with Crippen molar-refractivity contribution in [3.63, 3.8) is 0 Å².